The van der Waals surface area contributed by atoms with Crippen LogP contribution in [-0.4, -0.2) is 4.98 Å². The number of fused-ring (bicyclic) bond motifs is 3. The highest BCUT2D eigenvalue weighted by molar-refractivity contribution is 6.10. The molecule has 2 aromatic carbocycles. The smallest absolute Gasteiger partial charge is 0.131 e. The van der Waals surface area contributed by atoms with Crippen LogP contribution in [0.15, 0.2) is 60.8 Å². The van der Waals surface area contributed by atoms with Gasteiger partial charge in [-0.2, -0.15) is 0 Å². The summed E-state index contributed by atoms with van der Waals surface area (Å²) in [7, 11) is 0. The Morgan fingerprint density at radius 3 is 2.38 bits per heavy atom. The number of aromatic nitrogens is 1. The number of hydrogen-bond donors (Lipinski definition) is 0. The first-order chi connectivity index (χ1) is 11.3. The highest BCUT2D eigenvalue weighted by Crippen LogP contribution is 2.32. The number of halogens is 1. The van der Waals surface area contributed by atoms with Gasteiger partial charge in [0.1, 0.15) is 5.82 Å². The molecular formula is C22H22FN. The predicted octanol–water partition coefficient (Wildman–Crippen LogP) is 6.53. The van der Waals surface area contributed by atoms with Gasteiger partial charge in [-0.1, -0.05) is 63.3 Å². The van der Waals surface area contributed by atoms with E-state index in [0.29, 0.717) is 5.39 Å². The standard InChI is InChI=1S/C22H22FN/c1-14(13-15(2)22(3,4)5)21-19-10-9-18-16(7-6-8-20(18)23)17(19)11-12-24-21/h6-13H,1H2,2-5H3/b15-13+. The highest BCUT2D eigenvalue weighted by Gasteiger charge is 2.14. The van der Waals surface area contributed by atoms with Crippen LogP contribution in [0.2, 0.25) is 0 Å². The van der Waals surface area contributed by atoms with Gasteiger partial charge < -0.3 is 0 Å². The number of benzene rings is 2. The normalized spacial score (nSPS) is 12.8. The minimum Gasteiger partial charge on any atom is -0.256 e. The molecular weight excluding hydrogens is 297 g/mol. The first kappa shape index (κ1) is 16.4. The fraction of sp³-hybridized carbons (Fsp3) is 0.227. The van der Waals surface area contributed by atoms with Crippen LogP contribution < -0.4 is 0 Å². The van der Waals surface area contributed by atoms with E-state index in [0.717, 1.165) is 27.4 Å². The minimum atomic E-state index is -0.199. The lowest BCUT2D eigenvalue weighted by molar-refractivity contribution is 0.504. The van der Waals surface area contributed by atoms with Crippen molar-refractivity contribution in [3.05, 3.63) is 72.3 Å². The van der Waals surface area contributed by atoms with E-state index < -0.39 is 0 Å². The molecule has 1 aromatic heterocycles. The van der Waals surface area contributed by atoms with E-state index in [-0.39, 0.29) is 11.2 Å². The molecule has 0 N–H and O–H groups in total. The number of pyridine rings is 1. The van der Waals surface area contributed by atoms with Gasteiger partial charge in [0, 0.05) is 17.0 Å². The van der Waals surface area contributed by atoms with Gasteiger partial charge in [0.2, 0.25) is 0 Å². The molecule has 0 bridgehead atoms. The molecule has 0 fully saturated rings. The van der Waals surface area contributed by atoms with Gasteiger partial charge in [-0.25, -0.2) is 4.39 Å². The molecule has 122 valence electrons. The van der Waals surface area contributed by atoms with Crippen molar-refractivity contribution in [1.82, 2.24) is 4.98 Å². The Bertz CT molecular complexity index is 974. The molecule has 2 heteroatoms. The van der Waals surface area contributed by atoms with Gasteiger partial charge >= 0.3 is 0 Å². The summed E-state index contributed by atoms with van der Waals surface area (Å²) in [5, 5.41) is 3.54. The molecule has 0 unspecified atom stereocenters. The third-order valence-electron chi connectivity index (χ3n) is 4.63. The minimum absolute atomic E-state index is 0.0867. The first-order valence-corrected chi connectivity index (χ1v) is 8.13. The molecule has 0 aliphatic rings. The van der Waals surface area contributed by atoms with Gasteiger partial charge in [0.15, 0.2) is 0 Å². The van der Waals surface area contributed by atoms with E-state index >= 15 is 0 Å². The van der Waals surface area contributed by atoms with Crippen LogP contribution >= 0.6 is 0 Å². The Kier molecular flexibility index (Phi) is 4.00. The lowest BCUT2D eigenvalue weighted by Crippen LogP contribution is -2.06. The molecule has 1 nitrogen and oxygen atoms in total. The largest absolute Gasteiger partial charge is 0.256 e. The van der Waals surface area contributed by atoms with Crippen LogP contribution in [0.5, 0.6) is 0 Å². The van der Waals surface area contributed by atoms with E-state index in [1.807, 2.05) is 24.3 Å². The lowest BCUT2D eigenvalue weighted by Gasteiger charge is -2.20. The monoisotopic (exact) mass is 319 g/mol. The molecule has 0 amide bonds. The van der Waals surface area contributed by atoms with Gasteiger partial charge in [-0.15, -0.1) is 0 Å². The molecule has 0 radical (unpaired) electrons. The number of allylic oxidation sites excluding steroid dienone is 3. The van der Waals surface area contributed by atoms with Gasteiger partial charge in [0.25, 0.3) is 0 Å². The Balaban J connectivity index is 2.22. The summed E-state index contributed by atoms with van der Waals surface area (Å²) in [6, 6.07) is 10.9. The summed E-state index contributed by atoms with van der Waals surface area (Å²) < 4.78 is 14.0. The number of nitrogens with zero attached hydrogens (tertiary/aromatic N) is 1. The van der Waals surface area contributed by atoms with Gasteiger partial charge in [-0.05, 0) is 40.8 Å². The maximum absolute atomic E-state index is 14.0. The zero-order valence-electron chi connectivity index (χ0n) is 14.7. The second-order valence-corrected chi connectivity index (χ2v) is 7.26. The Morgan fingerprint density at radius 2 is 1.67 bits per heavy atom. The third-order valence-corrected chi connectivity index (χ3v) is 4.63. The Labute approximate surface area is 142 Å². The van der Waals surface area contributed by atoms with Crippen LogP contribution in [-0.2, 0) is 0 Å². The van der Waals surface area contributed by atoms with Gasteiger partial charge in [-0.3, -0.25) is 4.98 Å². The molecule has 24 heavy (non-hydrogen) atoms. The SMILES string of the molecule is C=C(/C=C(\C)C(C)(C)C)c1nccc2c1ccc1c(F)cccc12. The van der Waals surface area contributed by atoms with Crippen LogP contribution in [0.1, 0.15) is 33.4 Å². The summed E-state index contributed by atoms with van der Waals surface area (Å²) >= 11 is 0. The summed E-state index contributed by atoms with van der Waals surface area (Å²) in [4.78, 5) is 4.53. The highest BCUT2D eigenvalue weighted by atomic mass is 19.1. The van der Waals surface area contributed by atoms with E-state index in [1.54, 1.807) is 12.3 Å². The van der Waals surface area contributed by atoms with Crippen molar-refractivity contribution >= 4 is 27.1 Å². The van der Waals surface area contributed by atoms with E-state index in [9.17, 15) is 4.39 Å². The number of hydrogen-bond acceptors (Lipinski definition) is 1. The second-order valence-electron chi connectivity index (χ2n) is 7.26. The van der Waals surface area contributed by atoms with Crippen molar-refractivity contribution < 1.29 is 4.39 Å². The average Bonchev–Trinajstić information content (AvgIpc) is 2.53. The van der Waals surface area contributed by atoms with E-state index in [4.69, 9.17) is 0 Å². The van der Waals surface area contributed by atoms with E-state index in [2.05, 4.69) is 45.3 Å². The Morgan fingerprint density at radius 1 is 1.00 bits per heavy atom. The van der Waals surface area contributed by atoms with Crippen LogP contribution in [0.3, 0.4) is 0 Å². The van der Waals surface area contributed by atoms with Crippen molar-refractivity contribution in [3.8, 4) is 0 Å². The molecule has 0 saturated heterocycles. The third kappa shape index (κ3) is 2.84. The van der Waals surface area contributed by atoms with E-state index in [1.165, 1.54) is 11.6 Å². The molecule has 0 aliphatic carbocycles. The number of rotatable bonds is 2. The summed E-state index contributed by atoms with van der Waals surface area (Å²) in [6.07, 6.45) is 3.87. The Hall–Kier alpha value is -2.48. The average molecular weight is 319 g/mol. The van der Waals surface area contributed by atoms with Crippen LogP contribution in [0.25, 0.3) is 27.1 Å². The topological polar surface area (TPSA) is 12.9 Å². The van der Waals surface area contributed by atoms with Crippen molar-refractivity contribution in [3.63, 3.8) is 0 Å². The second kappa shape index (κ2) is 5.86. The fourth-order valence-corrected chi connectivity index (χ4v) is 2.79. The van der Waals surface area contributed by atoms with Gasteiger partial charge in [0.05, 0.1) is 5.69 Å². The van der Waals surface area contributed by atoms with Crippen LogP contribution in [0, 0.1) is 11.2 Å². The fourth-order valence-electron chi connectivity index (χ4n) is 2.79. The molecule has 1 heterocycles. The van der Waals surface area contributed by atoms with Crippen molar-refractivity contribution in [2.45, 2.75) is 27.7 Å². The lowest BCUT2D eigenvalue weighted by atomic mass is 9.86. The van der Waals surface area contributed by atoms with Crippen molar-refractivity contribution in [1.29, 1.82) is 0 Å². The molecule has 0 aliphatic heterocycles. The summed E-state index contributed by atoms with van der Waals surface area (Å²) in [5.41, 5.74) is 3.06. The first-order valence-electron chi connectivity index (χ1n) is 8.13. The molecule has 0 atom stereocenters. The quantitative estimate of drug-likeness (QED) is 0.386. The van der Waals surface area contributed by atoms with Crippen molar-refractivity contribution in [2.75, 3.05) is 0 Å². The maximum Gasteiger partial charge on any atom is 0.131 e. The zero-order chi connectivity index (χ0) is 17.5. The zero-order valence-corrected chi connectivity index (χ0v) is 14.7. The summed E-state index contributed by atoms with van der Waals surface area (Å²) in [6.45, 7) is 12.9. The maximum atomic E-state index is 14.0. The molecule has 0 saturated carbocycles. The summed E-state index contributed by atoms with van der Waals surface area (Å²) in [5.74, 6) is -0.199. The predicted molar refractivity (Wildman–Crippen MR) is 101 cm³/mol. The van der Waals surface area contributed by atoms with Crippen LogP contribution in [0.4, 0.5) is 4.39 Å². The molecule has 3 rings (SSSR count). The molecule has 3 aromatic rings. The molecule has 0 spiro atoms. The van der Waals surface area contributed by atoms with Crippen molar-refractivity contribution in [2.24, 2.45) is 5.41 Å².